The lowest BCUT2D eigenvalue weighted by molar-refractivity contribution is -0.122. The van der Waals surface area contributed by atoms with E-state index in [0.717, 1.165) is 46.8 Å². The van der Waals surface area contributed by atoms with Crippen LogP contribution in [0, 0.1) is 0 Å². The molecule has 3 heterocycles. The number of carbonyl (C=O) groups is 1. The molecule has 1 N–H and O–H groups in total. The Labute approximate surface area is 157 Å². The van der Waals surface area contributed by atoms with Crippen LogP contribution in [-0.2, 0) is 17.8 Å². The third kappa shape index (κ3) is 3.42. The van der Waals surface area contributed by atoms with E-state index < -0.39 is 0 Å². The van der Waals surface area contributed by atoms with E-state index in [2.05, 4.69) is 33.2 Å². The smallest absolute Gasteiger partial charge is 0.243 e. The molecule has 1 fully saturated rings. The summed E-state index contributed by atoms with van der Waals surface area (Å²) in [6.07, 6.45) is 4.72. The van der Waals surface area contributed by atoms with Crippen LogP contribution < -0.4 is 10.2 Å². The molecule has 4 rings (SSSR count). The minimum atomic E-state index is -0.148. The van der Waals surface area contributed by atoms with Crippen LogP contribution in [0.2, 0.25) is 0 Å². The molecule has 0 bridgehead atoms. The molecule has 1 amide bonds. The van der Waals surface area contributed by atoms with Gasteiger partial charge in [0.25, 0.3) is 0 Å². The fourth-order valence-electron chi connectivity index (χ4n) is 3.34. The number of carbonyl (C=O) groups excluding carboxylic acids is 1. The predicted molar refractivity (Wildman–Crippen MR) is 105 cm³/mol. The zero-order valence-corrected chi connectivity index (χ0v) is 15.6. The number of rotatable bonds is 5. The van der Waals surface area contributed by atoms with E-state index in [9.17, 15) is 4.79 Å². The minimum Gasteiger partial charge on any atom is -0.350 e. The molecule has 134 valence electrons. The Morgan fingerprint density at radius 3 is 2.96 bits per heavy atom. The second-order valence-corrected chi connectivity index (χ2v) is 7.58. The molecule has 6 heteroatoms. The summed E-state index contributed by atoms with van der Waals surface area (Å²) in [6.45, 7) is 3.55. The van der Waals surface area contributed by atoms with Crippen molar-refractivity contribution in [1.29, 1.82) is 0 Å². The van der Waals surface area contributed by atoms with Gasteiger partial charge < -0.3 is 10.2 Å². The van der Waals surface area contributed by atoms with Gasteiger partial charge in [-0.05, 0) is 36.5 Å². The number of thiazole rings is 1. The molecule has 0 spiro atoms. The maximum Gasteiger partial charge on any atom is 0.243 e. The first-order chi connectivity index (χ1) is 12.7. The molecule has 0 unspecified atom stereocenters. The van der Waals surface area contributed by atoms with Crippen LogP contribution in [-0.4, -0.2) is 28.5 Å². The number of anilines is 1. The van der Waals surface area contributed by atoms with Crippen molar-refractivity contribution in [3.05, 3.63) is 53.7 Å². The molecule has 2 aromatic heterocycles. The summed E-state index contributed by atoms with van der Waals surface area (Å²) in [5.74, 6) is 0.0767. The van der Waals surface area contributed by atoms with Crippen LogP contribution in [0.25, 0.3) is 10.3 Å². The van der Waals surface area contributed by atoms with Crippen LogP contribution in [0.4, 0.5) is 5.13 Å². The van der Waals surface area contributed by atoms with Gasteiger partial charge in [0, 0.05) is 19.3 Å². The van der Waals surface area contributed by atoms with Crippen LogP contribution in [0.1, 0.15) is 30.9 Å². The van der Waals surface area contributed by atoms with Crippen molar-refractivity contribution in [1.82, 2.24) is 15.3 Å². The van der Waals surface area contributed by atoms with Crippen molar-refractivity contribution < 1.29 is 4.79 Å². The van der Waals surface area contributed by atoms with Crippen molar-refractivity contribution in [2.75, 3.05) is 11.4 Å². The lowest BCUT2D eigenvalue weighted by Crippen LogP contribution is -2.43. The number of benzene rings is 1. The molecule has 1 aliphatic rings. The first-order valence-corrected chi connectivity index (χ1v) is 9.90. The van der Waals surface area contributed by atoms with Crippen molar-refractivity contribution in [3.8, 4) is 0 Å². The normalized spacial score (nSPS) is 17.0. The molecule has 1 atom stereocenters. The van der Waals surface area contributed by atoms with Gasteiger partial charge in [-0.3, -0.25) is 4.79 Å². The van der Waals surface area contributed by atoms with Crippen molar-refractivity contribution in [2.45, 2.75) is 38.8 Å². The van der Waals surface area contributed by atoms with Crippen LogP contribution in [0.15, 0.2) is 42.6 Å². The largest absolute Gasteiger partial charge is 0.350 e. The monoisotopic (exact) mass is 366 g/mol. The number of nitrogens with zero attached hydrogens (tertiary/aromatic N) is 3. The van der Waals surface area contributed by atoms with Crippen LogP contribution in [0.5, 0.6) is 0 Å². The molecule has 26 heavy (non-hydrogen) atoms. The van der Waals surface area contributed by atoms with Crippen LogP contribution in [0.3, 0.4) is 0 Å². The van der Waals surface area contributed by atoms with E-state index in [1.807, 2.05) is 36.5 Å². The number of hydrogen-bond donors (Lipinski definition) is 1. The molecule has 0 aliphatic carbocycles. The Kier molecular flexibility index (Phi) is 4.84. The van der Waals surface area contributed by atoms with E-state index in [0.29, 0.717) is 6.54 Å². The third-order valence-corrected chi connectivity index (χ3v) is 5.84. The van der Waals surface area contributed by atoms with Gasteiger partial charge in [-0.15, -0.1) is 0 Å². The SMILES string of the molecule is CCc1cnc2nc(N3CCC[C@@H]3C(=O)NCc3ccccc3)sc2c1. The standard InChI is InChI=1S/C20H22N4OS/c1-2-14-11-17-18(21-12-14)23-20(26-17)24-10-6-9-16(24)19(25)22-13-15-7-4-3-5-8-15/h3-5,7-8,11-12,16H,2,6,9-10,13H2,1H3,(H,22,25)/t16-/m1/s1. The van der Waals surface area contributed by atoms with Gasteiger partial charge in [0.15, 0.2) is 10.8 Å². The highest BCUT2D eigenvalue weighted by atomic mass is 32.1. The number of pyridine rings is 1. The van der Waals surface area contributed by atoms with Gasteiger partial charge in [0.2, 0.25) is 5.91 Å². The molecule has 0 radical (unpaired) electrons. The Balaban J connectivity index is 1.50. The quantitative estimate of drug-likeness (QED) is 0.750. The first-order valence-electron chi connectivity index (χ1n) is 9.08. The summed E-state index contributed by atoms with van der Waals surface area (Å²) >= 11 is 1.63. The first kappa shape index (κ1) is 17.0. The number of amides is 1. The van der Waals surface area contributed by atoms with Crippen molar-refractivity contribution in [3.63, 3.8) is 0 Å². The van der Waals surface area contributed by atoms with Gasteiger partial charge >= 0.3 is 0 Å². The minimum absolute atomic E-state index is 0.0767. The molecule has 0 saturated carbocycles. The number of aryl methyl sites for hydroxylation is 1. The summed E-state index contributed by atoms with van der Waals surface area (Å²) in [5.41, 5.74) is 3.10. The maximum atomic E-state index is 12.7. The van der Waals surface area contributed by atoms with E-state index in [1.54, 1.807) is 11.3 Å². The summed E-state index contributed by atoms with van der Waals surface area (Å²) < 4.78 is 1.09. The zero-order valence-electron chi connectivity index (χ0n) is 14.8. The van der Waals surface area contributed by atoms with Crippen molar-refractivity contribution in [2.24, 2.45) is 0 Å². The van der Waals surface area contributed by atoms with Gasteiger partial charge in [0.05, 0.1) is 4.70 Å². The van der Waals surface area contributed by atoms with E-state index >= 15 is 0 Å². The van der Waals surface area contributed by atoms with Gasteiger partial charge in [0.1, 0.15) is 6.04 Å². The Morgan fingerprint density at radius 1 is 1.31 bits per heavy atom. The average Bonchev–Trinajstić information content (AvgIpc) is 3.32. The topological polar surface area (TPSA) is 58.1 Å². The van der Waals surface area contributed by atoms with Gasteiger partial charge in [-0.25, -0.2) is 4.98 Å². The Hall–Kier alpha value is -2.47. The summed E-state index contributed by atoms with van der Waals surface area (Å²) in [5, 5.41) is 3.97. The Morgan fingerprint density at radius 2 is 2.15 bits per heavy atom. The average molecular weight is 366 g/mol. The highest BCUT2D eigenvalue weighted by Crippen LogP contribution is 2.33. The lowest BCUT2D eigenvalue weighted by atomic mass is 10.2. The molecular formula is C20H22N4OS. The molecule has 1 aromatic carbocycles. The predicted octanol–water partition coefficient (Wildman–Crippen LogP) is 3.54. The Bertz CT molecular complexity index is 909. The second kappa shape index (κ2) is 7.41. The second-order valence-electron chi connectivity index (χ2n) is 6.57. The molecule has 5 nitrogen and oxygen atoms in total. The fraction of sp³-hybridized carbons (Fsp3) is 0.350. The fourth-order valence-corrected chi connectivity index (χ4v) is 4.40. The van der Waals surface area contributed by atoms with Crippen molar-refractivity contribution >= 4 is 32.7 Å². The number of hydrogen-bond acceptors (Lipinski definition) is 5. The third-order valence-electron chi connectivity index (χ3n) is 4.81. The summed E-state index contributed by atoms with van der Waals surface area (Å²) in [6, 6.07) is 12.0. The van der Waals surface area contributed by atoms with E-state index in [-0.39, 0.29) is 11.9 Å². The zero-order chi connectivity index (χ0) is 17.9. The molecule has 1 saturated heterocycles. The maximum absolute atomic E-state index is 12.7. The molecular weight excluding hydrogens is 344 g/mol. The molecule has 1 aliphatic heterocycles. The molecule has 3 aromatic rings. The van der Waals surface area contributed by atoms with E-state index in [1.165, 1.54) is 5.56 Å². The van der Waals surface area contributed by atoms with Gasteiger partial charge in [-0.1, -0.05) is 48.6 Å². The van der Waals surface area contributed by atoms with E-state index in [4.69, 9.17) is 0 Å². The number of nitrogens with one attached hydrogen (secondary N) is 1. The highest BCUT2D eigenvalue weighted by molar-refractivity contribution is 7.22. The number of fused-ring (bicyclic) bond motifs is 1. The summed E-state index contributed by atoms with van der Waals surface area (Å²) in [7, 11) is 0. The highest BCUT2D eigenvalue weighted by Gasteiger charge is 2.32. The summed E-state index contributed by atoms with van der Waals surface area (Å²) in [4.78, 5) is 24.0. The lowest BCUT2D eigenvalue weighted by Gasteiger charge is -2.23. The van der Waals surface area contributed by atoms with Crippen LogP contribution >= 0.6 is 11.3 Å². The number of aromatic nitrogens is 2. The van der Waals surface area contributed by atoms with Gasteiger partial charge in [-0.2, -0.15) is 4.98 Å².